The van der Waals surface area contributed by atoms with E-state index in [2.05, 4.69) is 32.2 Å². The number of hydrogen-bond acceptors (Lipinski definition) is 6. The molecule has 3 heterocycles. The summed E-state index contributed by atoms with van der Waals surface area (Å²) < 4.78 is 0. The molecule has 1 saturated heterocycles. The molecule has 1 amide bonds. The molecule has 0 unspecified atom stereocenters. The van der Waals surface area contributed by atoms with Crippen molar-refractivity contribution in [3.8, 4) is 11.4 Å². The molecule has 1 aliphatic heterocycles. The maximum atomic E-state index is 13.1. The molecule has 0 aliphatic carbocycles. The van der Waals surface area contributed by atoms with Gasteiger partial charge in [0.2, 0.25) is 0 Å². The van der Waals surface area contributed by atoms with Gasteiger partial charge in [0.15, 0.2) is 5.82 Å². The zero-order chi connectivity index (χ0) is 20.1. The minimum absolute atomic E-state index is 0.0513. The lowest BCUT2D eigenvalue weighted by molar-refractivity contribution is 0.0658. The van der Waals surface area contributed by atoms with E-state index in [1.807, 2.05) is 47.4 Å². The van der Waals surface area contributed by atoms with Crippen LogP contribution in [-0.2, 0) is 6.54 Å². The Balaban J connectivity index is 1.62. The number of benzene rings is 1. The Morgan fingerprint density at radius 1 is 1.00 bits per heavy atom. The van der Waals surface area contributed by atoms with Crippen molar-refractivity contribution in [2.45, 2.75) is 6.54 Å². The molecule has 4 rings (SSSR count). The van der Waals surface area contributed by atoms with Crippen LogP contribution in [0.4, 0.5) is 5.82 Å². The predicted molar refractivity (Wildman–Crippen MR) is 112 cm³/mol. The van der Waals surface area contributed by atoms with Crippen molar-refractivity contribution in [2.24, 2.45) is 0 Å². The van der Waals surface area contributed by atoms with E-state index in [4.69, 9.17) is 0 Å². The Bertz CT molecular complexity index is 956. The third-order valence-electron chi connectivity index (χ3n) is 4.99. The molecule has 29 heavy (non-hydrogen) atoms. The number of anilines is 1. The van der Waals surface area contributed by atoms with Crippen LogP contribution in [0.5, 0.6) is 0 Å². The molecule has 1 fully saturated rings. The number of amides is 1. The van der Waals surface area contributed by atoms with E-state index in [0.717, 1.165) is 24.2 Å². The summed E-state index contributed by atoms with van der Waals surface area (Å²) in [6.07, 6.45) is 3.52. The Hall–Kier alpha value is -3.32. The molecule has 0 spiro atoms. The Kier molecular flexibility index (Phi) is 5.76. The first kappa shape index (κ1) is 19.0. The van der Waals surface area contributed by atoms with Crippen LogP contribution >= 0.6 is 0 Å². The van der Waals surface area contributed by atoms with Gasteiger partial charge < -0.3 is 15.1 Å². The highest BCUT2D eigenvalue weighted by Crippen LogP contribution is 2.19. The normalized spacial score (nSPS) is 14.6. The minimum Gasteiger partial charge on any atom is -0.366 e. The maximum absolute atomic E-state index is 13.1. The standard InChI is InChI=1S/C22H24N6O/c1-27-11-13-28(14-12-27)22(29)19-15-20(24-16-17-7-9-23-10-8-17)26-21(25-19)18-5-3-2-4-6-18/h2-10,15H,11-14,16H2,1H3,(H,24,25,26). The van der Waals surface area contributed by atoms with Crippen LogP contribution in [-0.4, -0.2) is 63.9 Å². The highest BCUT2D eigenvalue weighted by Gasteiger charge is 2.22. The van der Waals surface area contributed by atoms with Crippen molar-refractivity contribution in [1.82, 2.24) is 24.8 Å². The minimum atomic E-state index is -0.0513. The number of piperazine rings is 1. The van der Waals surface area contributed by atoms with Crippen LogP contribution in [0.1, 0.15) is 16.1 Å². The molecule has 0 atom stereocenters. The lowest BCUT2D eigenvalue weighted by Crippen LogP contribution is -2.47. The van der Waals surface area contributed by atoms with Crippen molar-refractivity contribution in [2.75, 3.05) is 38.5 Å². The third-order valence-corrected chi connectivity index (χ3v) is 4.99. The number of carbonyl (C=O) groups excluding carboxylic acids is 1. The number of nitrogens with zero attached hydrogens (tertiary/aromatic N) is 5. The first-order chi connectivity index (χ1) is 14.2. The number of likely N-dealkylation sites (N-methyl/N-ethyl adjacent to an activating group) is 1. The quantitative estimate of drug-likeness (QED) is 0.724. The van der Waals surface area contributed by atoms with E-state index in [1.54, 1.807) is 18.5 Å². The fourth-order valence-electron chi connectivity index (χ4n) is 3.23. The second-order valence-corrected chi connectivity index (χ2v) is 7.13. The molecule has 1 aliphatic rings. The molecule has 1 N–H and O–H groups in total. The molecule has 148 valence electrons. The van der Waals surface area contributed by atoms with Gasteiger partial charge in [-0.2, -0.15) is 0 Å². The summed E-state index contributed by atoms with van der Waals surface area (Å²) in [6, 6.07) is 15.4. The van der Waals surface area contributed by atoms with Gasteiger partial charge in [-0.3, -0.25) is 9.78 Å². The Labute approximate surface area is 170 Å². The molecule has 0 bridgehead atoms. The summed E-state index contributed by atoms with van der Waals surface area (Å²) in [7, 11) is 2.07. The van der Waals surface area contributed by atoms with E-state index in [-0.39, 0.29) is 5.91 Å². The Morgan fingerprint density at radius 2 is 1.72 bits per heavy atom. The number of carbonyl (C=O) groups is 1. The second kappa shape index (κ2) is 8.79. The topological polar surface area (TPSA) is 74.2 Å². The van der Waals surface area contributed by atoms with Crippen LogP contribution in [0, 0.1) is 0 Å². The van der Waals surface area contributed by atoms with Crippen molar-refractivity contribution < 1.29 is 4.79 Å². The van der Waals surface area contributed by atoms with E-state index in [9.17, 15) is 4.79 Å². The first-order valence-corrected chi connectivity index (χ1v) is 9.74. The summed E-state index contributed by atoms with van der Waals surface area (Å²) in [6.45, 7) is 3.75. The third kappa shape index (κ3) is 4.75. The van der Waals surface area contributed by atoms with Crippen LogP contribution in [0.25, 0.3) is 11.4 Å². The summed E-state index contributed by atoms with van der Waals surface area (Å²) in [5, 5.41) is 3.32. The van der Waals surface area contributed by atoms with Crippen molar-refractivity contribution in [3.63, 3.8) is 0 Å². The van der Waals surface area contributed by atoms with Gasteiger partial charge in [-0.25, -0.2) is 9.97 Å². The van der Waals surface area contributed by atoms with Crippen molar-refractivity contribution >= 4 is 11.7 Å². The van der Waals surface area contributed by atoms with Crippen LogP contribution in [0.2, 0.25) is 0 Å². The van der Waals surface area contributed by atoms with Crippen LogP contribution in [0.15, 0.2) is 60.9 Å². The highest BCUT2D eigenvalue weighted by molar-refractivity contribution is 5.93. The molecular formula is C22H24N6O. The first-order valence-electron chi connectivity index (χ1n) is 9.74. The van der Waals surface area contributed by atoms with E-state index in [0.29, 0.717) is 37.0 Å². The van der Waals surface area contributed by atoms with Crippen molar-refractivity contribution in [1.29, 1.82) is 0 Å². The smallest absolute Gasteiger partial charge is 0.272 e. The summed E-state index contributed by atoms with van der Waals surface area (Å²) >= 11 is 0. The summed E-state index contributed by atoms with van der Waals surface area (Å²) in [5.41, 5.74) is 2.39. The van der Waals surface area contributed by atoms with Gasteiger partial charge >= 0.3 is 0 Å². The van der Waals surface area contributed by atoms with Gasteiger partial charge in [-0.1, -0.05) is 30.3 Å². The maximum Gasteiger partial charge on any atom is 0.272 e. The fraction of sp³-hybridized carbons (Fsp3) is 0.273. The van der Waals surface area contributed by atoms with Gasteiger partial charge in [0.05, 0.1) is 0 Å². The predicted octanol–water partition coefficient (Wildman–Crippen LogP) is 2.54. The summed E-state index contributed by atoms with van der Waals surface area (Å²) in [4.78, 5) is 30.5. The zero-order valence-electron chi connectivity index (χ0n) is 16.5. The number of aromatic nitrogens is 3. The molecule has 3 aromatic rings. The van der Waals surface area contributed by atoms with Crippen LogP contribution < -0.4 is 5.32 Å². The SMILES string of the molecule is CN1CCN(C(=O)c2cc(NCc3ccncc3)nc(-c3ccccc3)n2)CC1. The van der Waals surface area contributed by atoms with Gasteiger partial charge in [-0.15, -0.1) is 0 Å². The second-order valence-electron chi connectivity index (χ2n) is 7.13. The molecule has 1 aromatic carbocycles. The molecule has 7 nitrogen and oxygen atoms in total. The number of hydrogen-bond donors (Lipinski definition) is 1. The molecule has 0 radical (unpaired) electrons. The van der Waals surface area contributed by atoms with Crippen LogP contribution in [0.3, 0.4) is 0 Å². The molecule has 7 heteroatoms. The van der Waals surface area contributed by atoms with E-state index in [1.165, 1.54) is 0 Å². The van der Waals surface area contributed by atoms with Gasteiger partial charge in [0, 0.05) is 56.7 Å². The van der Waals surface area contributed by atoms with Gasteiger partial charge in [0.1, 0.15) is 11.5 Å². The molecule has 2 aromatic heterocycles. The number of nitrogens with one attached hydrogen (secondary N) is 1. The monoisotopic (exact) mass is 388 g/mol. The number of pyridine rings is 1. The van der Waals surface area contributed by atoms with E-state index >= 15 is 0 Å². The molecular weight excluding hydrogens is 364 g/mol. The average molecular weight is 388 g/mol. The molecule has 0 saturated carbocycles. The lowest BCUT2D eigenvalue weighted by atomic mass is 10.2. The Morgan fingerprint density at radius 3 is 2.45 bits per heavy atom. The number of rotatable bonds is 5. The lowest BCUT2D eigenvalue weighted by Gasteiger charge is -2.32. The summed E-state index contributed by atoms with van der Waals surface area (Å²) in [5.74, 6) is 1.13. The van der Waals surface area contributed by atoms with Gasteiger partial charge in [-0.05, 0) is 24.7 Å². The highest BCUT2D eigenvalue weighted by atomic mass is 16.2. The van der Waals surface area contributed by atoms with E-state index < -0.39 is 0 Å². The zero-order valence-corrected chi connectivity index (χ0v) is 16.5. The van der Waals surface area contributed by atoms with Gasteiger partial charge in [0.25, 0.3) is 5.91 Å². The largest absolute Gasteiger partial charge is 0.366 e. The fourth-order valence-corrected chi connectivity index (χ4v) is 3.23. The van der Waals surface area contributed by atoms with Crippen molar-refractivity contribution in [3.05, 3.63) is 72.2 Å². The average Bonchev–Trinajstić information content (AvgIpc) is 2.79.